The summed E-state index contributed by atoms with van der Waals surface area (Å²) in [4.78, 5) is 12.2. The molecule has 0 N–H and O–H groups in total. The third-order valence-corrected chi connectivity index (χ3v) is 3.66. The first-order chi connectivity index (χ1) is 9.09. The molecule has 1 aromatic carbocycles. The standard InChI is InChI=1S/C14H17NO4S/c1-14(2,3)19-13(16)12-9-10-7-5-6-8-11(10)15(12)20(4,17)18/h5-9H,1-4H3. The van der Waals surface area contributed by atoms with Crippen LogP contribution in [0.3, 0.4) is 0 Å². The van der Waals surface area contributed by atoms with Crippen molar-refractivity contribution in [1.82, 2.24) is 3.97 Å². The van der Waals surface area contributed by atoms with Gasteiger partial charge in [-0.1, -0.05) is 18.2 Å². The van der Waals surface area contributed by atoms with E-state index in [-0.39, 0.29) is 5.69 Å². The fourth-order valence-electron chi connectivity index (χ4n) is 1.96. The van der Waals surface area contributed by atoms with E-state index in [0.717, 1.165) is 10.2 Å². The Bertz CT molecular complexity index is 766. The molecule has 0 aliphatic rings. The smallest absolute Gasteiger partial charge is 0.356 e. The summed E-state index contributed by atoms with van der Waals surface area (Å²) >= 11 is 0. The molecule has 2 rings (SSSR count). The summed E-state index contributed by atoms with van der Waals surface area (Å²) in [7, 11) is -3.60. The molecule has 0 aliphatic carbocycles. The zero-order chi connectivity index (χ0) is 15.1. The lowest BCUT2D eigenvalue weighted by atomic mass is 10.2. The molecule has 1 heterocycles. The largest absolute Gasteiger partial charge is 0.455 e. The van der Waals surface area contributed by atoms with E-state index in [0.29, 0.717) is 10.9 Å². The van der Waals surface area contributed by atoms with Crippen LogP contribution in [-0.2, 0) is 14.8 Å². The van der Waals surface area contributed by atoms with Gasteiger partial charge in [0.1, 0.15) is 11.3 Å². The second-order valence-electron chi connectivity index (χ2n) is 5.62. The molecule has 0 amide bonds. The number of benzene rings is 1. The second kappa shape index (κ2) is 4.63. The van der Waals surface area contributed by atoms with E-state index in [2.05, 4.69) is 0 Å². The van der Waals surface area contributed by atoms with Gasteiger partial charge in [0.2, 0.25) is 10.0 Å². The lowest BCUT2D eigenvalue weighted by Gasteiger charge is -2.19. The molecule has 1 aromatic heterocycles. The Labute approximate surface area is 118 Å². The Morgan fingerprint density at radius 3 is 2.35 bits per heavy atom. The minimum absolute atomic E-state index is 0.0172. The second-order valence-corrected chi connectivity index (χ2v) is 7.45. The first kappa shape index (κ1) is 14.6. The Morgan fingerprint density at radius 2 is 1.80 bits per heavy atom. The van der Waals surface area contributed by atoms with Gasteiger partial charge in [-0.15, -0.1) is 0 Å². The van der Waals surface area contributed by atoms with Crippen molar-refractivity contribution >= 4 is 26.9 Å². The van der Waals surface area contributed by atoms with Crippen molar-refractivity contribution in [2.45, 2.75) is 26.4 Å². The van der Waals surface area contributed by atoms with E-state index in [4.69, 9.17) is 4.74 Å². The van der Waals surface area contributed by atoms with Crippen molar-refractivity contribution in [2.75, 3.05) is 6.26 Å². The van der Waals surface area contributed by atoms with Crippen molar-refractivity contribution in [3.8, 4) is 0 Å². The number of carbonyl (C=O) groups is 1. The quantitative estimate of drug-likeness (QED) is 0.798. The zero-order valence-corrected chi connectivity index (χ0v) is 12.7. The number of para-hydroxylation sites is 1. The highest BCUT2D eigenvalue weighted by atomic mass is 32.2. The molecule has 20 heavy (non-hydrogen) atoms. The number of fused-ring (bicyclic) bond motifs is 1. The van der Waals surface area contributed by atoms with Crippen LogP contribution in [0.25, 0.3) is 10.9 Å². The van der Waals surface area contributed by atoms with E-state index in [1.165, 1.54) is 6.07 Å². The summed E-state index contributed by atoms with van der Waals surface area (Å²) < 4.78 is 30.2. The molecular weight excluding hydrogens is 278 g/mol. The number of hydrogen-bond acceptors (Lipinski definition) is 4. The van der Waals surface area contributed by atoms with Crippen LogP contribution in [0, 0.1) is 0 Å². The monoisotopic (exact) mass is 295 g/mol. The average molecular weight is 295 g/mol. The molecule has 0 unspecified atom stereocenters. The number of aromatic nitrogens is 1. The minimum Gasteiger partial charge on any atom is -0.455 e. The summed E-state index contributed by atoms with van der Waals surface area (Å²) in [6.07, 6.45) is 1.06. The van der Waals surface area contributed by atoms with E-state index in [9.17, 15) is 13.2 Å². The van der Waals surface area contributed by atoms with Gasteiger partial charge >= 0.3 is 5.97 Å². The molecule has 0 spiro atoms. The lowest BCUT2D eigenvalue weighted by molar-refractivity contribution is 0.00620. The SMILES string of the molecule is CC(C)(C)OC(=O)c1cc2ccccc2n1S(C)(=O)=O. The minimum atomic E-state index is -3.60. The Morgan fingerprint density at radius 1 is 1.20 bits per heavy atom. The summed E-state index contributed by atoms with van der Waals surface area (Å²) in [5.41, 5.74) is -0.199. The highest BCUT2D eigenvalue weighted by Gasteiger charge is 2.25. The van der Waals surface area contributed by atoms with Gasteiger partial charge in [0.25, 0.3) is 0 Å². The highest BCUT2D eigenvalue weighted by molar-refractivity contribution is 7.89. The number of nitrogens with zero attached hydrogens (tertiary/aromatic N) is 1. The molecule has 0 bridgehead atoms. The van der Waals surface area contributed by atoms with Crippen LogP contribution in [0.4, 0.5) is 0 Å². The summed E-state index contributed by atoms with van der Waals surface area (Å²) in [5.74, 6) is -0.654. The van der Waals surface area contributed by atoms with Crippen molar-refractivity contribution in [1.29, 1.82) is 0 Å². The lowest BCUT2D eigenvalue weighted by Crippen LogP contribution is -2.26. The third-order valence-electron chi connectivity index (χ3n) is 2.61. The molecular formula is C14H17NO4S. The first-order valence-electron chi connectivity index (χ1n) is 6.14. The molecule has 2 aromatic rings. The van der Waals surface area contributed by atoms with Crippen molar-refractivity contribution in [2.24, 2.45) is 0 Å². The van der Waals surface area contributed by atoms with Gasteiger partial charge in [-0.3, -0.25) is 0 Å². The van der Waals surface area contributed by atoms with Crippen molar-refractivity contribution in [3.63, 3.8) is 0 Å². The van der Waals surface area contributed by atoms with Crippen molar-refractivity contribution < 1.29 is 17.9 Å². The van der Waals surface area contributed by atoms with Crippen LogP contribution in [0.1, 0.15) is 31.3 Å². The van der Waals surface area contributed by atoms with Crippen LogP contribution in [0.2, 0.25) is 0 Å². The molecule has 6 heteroatoms. The van der Waals surface area contributed by atoms with Gasteiger partial charge < -0.3 is 4.74 Å². The molecule has 0 fully saturated rings. The number of rotatable bonds is 2. The summed E-state index contributed by atoms with van der Waals surface area (Å²) in [5, 5.41) is 0.679. The molecule has 5 nitrogen and oxygen atoms in total. The first-order valence-corrected chi connectivity index (χ1v) is 7.99. The number of ether oxygens (including phenoxy) is 1. The maximum Gasteiger partial charge on any atom is 0.356 e. The fourth-order valence-corrected chi connectivity index (χ4v) is 2.97. The van der Waals surface area contributed by atoms with Crippen LogP contribution < -0.4 is 0 Å². The number of esters is 1. The molecule has 108 valence electrons. The number of hydrogen-bond donors (Lipinski definition) is 0. The van der Waals surface area contributed by atoms with Crippen LogP contribution in [0.5, 0.6) is 0 Å². The molecule has 0 atom stereocenters. The van der Waals surface area contributed by atoms with E-state index >= 15 is 0 Å². The maximum absolute atomic E-state index is 12.2. The Hall–Kier alpha value is -1.82. The zero-order valence-electron chi connectivity index (χ0n) is 11.9. The topological polar surface area (TPSA) is 65.4 Å². The predicted molar refractivity (Wildman–Crippen MR) is 77.3 cm³/mol. The van der Waals surface area contributed by atoms with Crippen LogP contribution in [0.15, 0.2) is 30.3 Å². The normalized spacial score (nSPS) is 12.6. The average Bonchev–Trinajstić information content (AvgIpc) is 2.65. The number of carbonyl (C=O) groups excluding carboxylic acids is 1. The van der Waals surface area contributed by atoms with E-state index in [1.54, 1.807) is 45.0 Å². The van der Waals surface area contributed by atoms with Gasteiger partial charge in [-0.25, -0.2) is 17.2 Å². The molecule has 0 aliphatic heterocycles. The molecule has 0 radical (unpaired) electrons. The highest BCUT2D eigenvalue weighted by Crippen LogP contribution is 2.23. The van der Waals surface area contributed by atoms with E-state index in [1.807, 2.05) is 0 Å². The van der Waals surface area contributed by atoms with Crippen molar-refractivity contribution in [3.05, 3.63) is 36.0 Å². The third kappa shape index (κ3) is 2.85. The van der Waals surface area contributed by atoms with Gasteiger partial charge in [0.05, 0.1) is 11.8 Å². The summed E-state index contributed by atoms with van der Waals surface area (Å²) in [6.45, 7) is 5.20. The molecule has 0 saturated heterocycles. The maximum atomic E-state index is 12.2. The van der Waals surface area contributed by atoms with E-state index < -0.39 is 21.6 Å². The molecule has 0 saturated carbocycles. The van der Waals surface area contributed by atoms with Gasteiger partial charge in [-0.2, -0.15) is 0 Å². The van der Waals surface area contributed by atoms with Crippen LogP contribution in [-0.4, -0.2) is 30.2 Å². The summed E-state index contributed by atoms with van der Waals surface area (Å²) in [6, 6.07) is 8.45. The van der Waals surface area contributed by atoms with Gasteiger partial charge in [-0.05, 0) is 32.9 Å². The fraction of sp³-hybridized carbons (Fsp3) is 0.357. The Kier molecular flexibility index (Phi) is 3.37. The van der Waals surface area contributed by atoms with Gasteiger partial charge in [0.15, 0.2) is 0 Å². The van der Waals surface area contributed by atoms with Crippen LogP contribution >= 0.6 is 0 Å². The Balaban J connectivity index is 2.67. The predicted octanol–water partition coefficient (Wildman–Crippen LogP) is 2.40. The van der Waals surface area contributed by atoms with Gasteiger partial charge in [0, 0.05) is 5.39 Å².